The maximum Gasteiger partial charge on any atom is 0.225 e. The summed E-state index contributed by atoms with van der Waals surface area (Å²) in [6.07, 6.45) is 4.73. The number of carbonyl (C=O) groups is 1. The van der Waals surface area contributed by atoms with Gasteiger partial charge in [0.2, 0.25) is 5.91 Å². The van der Waals surface area contributed by atoms with Crippen LogP contribution in [0.1, 0.15) is 29.7 Å². The van der Waals surface area contributed by atoms with E-state index in [0.717, 1.165) is 28.6 Å². The van der Waals surface area contributed by atoms with Crippen LogP contribution in [0.25, 0.3) is 11.0 Å². The summed E-state index contributed by atoms with van der Waals surface area (Å²) in [6, 6.07) is 11.3. The minimum Gasteiger partial charge on any atom is -0.394 e. The Morgan fingerprint density at radius 3 is 2.79 bits per heavy atom. The van der Waals surface area contributed by atoms with E-state index in [0.29, 0.717) is 0 Å². The van der Waals surface area contributed by atoms with E-state index in [9.17, 15) is 9.90 Å². The number of benzene rings is 1. The van der Waals surface area contributed by atoms with Gasteiger partial charge < -0.3 is 15.4 Å². The van der Waals surface area contributed by atoms with E-state index in [1.165, 1.54) is 5.56 Å². The number of amides is 1. The molecule has 3 N–H and O–H groups in total. The van der Waals surface area contributed by atoms with Gasteiger partial charge in [0.15, 0.2) is 0 Å². The van der Waals surface area contributed by atoms with E-state index >= 15 is 0 Å². The van der Waals surface area contributed by atoms with E-state index in [-0.39, 0.29) is 18.9 Å². The Hall–Kier alpha value is -2.66. The van der Waals surface area contributed by atoms with Crippen LogP contribution in [0.2, 0.25) is 0 Å². The molecule has 0 spiro atoms. The Balaban J connectivity index is 1.70. The van der Waals surface area contributed by atoms with Crippen LogP contribution in [0.3, 0.4) is 0 Å². The zero-order valence-electron chi connectivity index (χ0n) is 13.6. The van der Waals surface area contributed by atoms with Gasteiger partial charge in [-0.05, 0) is 35.2 Å². The molecule has 3 rings (SSSR count). The third kappa shape index (κ3) is 3.46. The van der Waals surface area contributed by atoms with Crippen LogP contribution >= 0.6 is 0 Å². The summed E-state index contributed by atoms with van der Waals surface area (Å²) in [5, 5.41) is 13.5. The second-order valence-electron chi connectivity index (χ2n) is 5.79. The fraction of sp³-hybridized carbons (Fsp3) is 0.263. The lowest BCUT2D eigenvalue weighted by atomic mass is 10.0. The highest BCUT2D eigenvalue weighted by molar-refractivity contribution is 5.87. The number of rotatable bonds is 6. The van der Waals surface area contributed by atoms with Gasteiger partial charge in [-0.25, -0.2) is 4.98 Å². The third-order valence-electron chi connectivity index (χ3n) is 4.20. The molecule has 1 amide bonds. The van der Waals surface area contributed by atoms with Gasteiger partial charge in [-0.15, -0.1) is 0 Å². The molecule has 0 aliphatic carbocycles. The molecule has 0 bridgehead atoms. The average molecular weight is 323 g/mol. The summed E-state index contributed by atoms with van der Waals surface area (Å²) >= 11 is 0. The van der Waals surface area contributed by atoms with Crippen molar-refractivity contribution in [1.29, 1.82) is 0 Å². The van der Waals surface area contributed by atoms with Crippen LogP contribution < -0.4 is 5.32 Å². The number of aliphatic hydroxyl groups excluding tert-OH is 1. The first kappa shape index (κ1) is 16.2. The highest BCUT2D eigenvalue weighted by atomic mass is 16.3. The fourth-order valence-electron chi connectivity index (χ4n) is 2.80. The average Bonchev–Trinajstić information content (AvgIpc) is 3.03. The summed E-state index contributed by atoms with van der Waals surface area (Å²) in [5.41, 5.74) is 3.81. The number of aliphatic hydroxyl groups is 1. The number of hydrogen-bond acceptors (Lipinski definition) is 3. The molecule has 24 heavy (non-hydrogen) atoms. The Morgan fingerprint density at radius 2 is 2.08 bits per heavy atom. The predicted molar refractivity (Wildman–Crippen MR) is 93.6 cm³/mol. The summed E-state index contributed by atoms with van der Waals surface area (Å²) in [7, 11) is 0. The number of nitrogens with zero attached hydrogens (tertiary/aromatic N) is 1. The zero-order valence-corrected chi connectivity index (χ0v) is 13.6. The van der Waals surface area contributed by atoms with Crippen molar-refractivity contribution in [3.8, 4) is 0 Å². The summed E-state index contributed by atoms with van der Waals surface area (Å²) in [4.78, 5) is 19.7. The third-order valence-corrected chi connectivity index (χ3v) is 4.20. The lowest BCUT2D eigenvalue weighted by Gasteiger charge is -2.17. The van der Waals surface area contributed by atoms with Gasteiger partial charge in [0, 0.05) is 17.8 Å². The Kier molecular flexibility index (Phi) is 4.91. The molecule has 5 nitrogen and oxygen atoms in total. The van der Waals surface area contributed by atoms with E-state index < -0.39 is 6.04 Å². The number of aromatic amines is 1. The van der Waals surface area contributed by atoms with Crippen LogP contribution in [0.4, 0.5) is 0 Å². The number of H-pyrrole nitrogens is 1. The first-order valence-electron chi connectivity index (χ1n) is 8.11. The van der Waals surface area contributed by atoms with E-state index in [1.54, 1.807) is 12.4 Å². The Labute approximate surface area is 140 Å². The molecular formula is C19H21N3O2. The number of fused-ring (bicyclic) bond motifs is 1. The molecule has 0 fully saturated rings. The molecule has 1 atom stereocenters. The first-order valence-corrected chi connectivity index (χ1v) is 8.11. The number of pyridine rings is 1. The number of carbonyl (C=O) groups excluding carboxylic acids is 1. The molecule has 3 aromatic rings. The van der Waals surface area contributed by atoms with Crippen LogP contribution in [-0.4, -0.2) is 27.6 Å². The molecule has 0 saturated carbocycles. The minimum absolute atomic E-state index is 0.127. The maximum atomic E-state index is 12.4. The Morgan fingerprint density at radius 1 is 1.29 bits per heavy atom. The van der Waals surface area contributed by atoms with Crippen molar-refractivity contribution >= 4 is 16.9 Å². The monoisotopic (exact) mass is 323 g/mol. The molecule has 0 aliphatic rings. The molecule has 0 radical (unpaired) electrons. The van der Waals surface area contributed by atoms with Crippen molar-refractivity contribution in [2.24, 2.45) is 0 Å². The minimum atomic E-state index is -0.397. The van der Waals surface area contributed by atoms with Gasteiger partial charge in [0.1, 0.15) is 5.65 Å². The second-order valence-corrected chi connectivity index (χ2v) is 5.79. The topological polar surface area (TPSA) is 78.0 Å². The van der Waals surface area contributed by atoms with Crippen molar-refractivity contribution in [1.82, 2.24) is 15.3 Å². The molecule has 0 saturated heterocycles. The van der Waals surface area contributed by atoms with Crippen LogP contribution in [0.5, 0.6) is 0 Å². The van der Waals surface area contributed by atoms with Crippen LogP contribution in [-0.2, 0) is 17.6 Å². The first-order chi connectivity index (χ1) is 11.7. The van der Waals surface area contributed by atoms with Gasteiger partial charge >= 0.3 is 0 Å². The summed E-state index contributed by atoms with van der Waals surface area (Å²) in [5.74, 6) is -0.127. The molecular weight excluding hydrogens is 302 g/mol. The quantitative estimate of drug-likeness (QED) is 0.652. The van der Waals surface area contributed by atoms with Crippen molar-refractivity contribution in [2.45, 2.75) is 25.8 Å². The van der Waals surface area contributed by atoms with E-state index in [2.05, 4.69) is 22.2 Å². The number of aromatic nitrogens is 2. The van der Waals surface area contributed by atoms with Gasteiger partial charge in [0.05, 0.1) is 19.1 Å². The van der Waals surface area contributed by atoms with Crippen molar-refractivity contribution in [3.05, 3.63) is 65.5 Å². The van der Waals surface area contributed by atoms with Crippen molar-refractivity contribution in [3.63, 3.8) is 0 Å². The molecule has 1 unspecified atom stereocenters. The van der Waals surface area contributed by atoms with Crippen molar-refractivity contribution < 1.29 is 9.90 Å². The summed E-state index contributed by atoms with van der Waals surface area (Å²) in [6.45, 7) is 1.96. The number of aryl methyl sites for hydroxylation is 1. The molecule has 0 aliphatic heterocycles. The molecule has 2 aromatic heterocycles. The molecule has 5 heteroatoms. The standard InChI is InChI=1S/C19H21N3O2/c1-2-13-5-7-14(8-6-13)17(12-23)22-18(24)10-15-11-21-19-16(15)4-3-9-20-19/h3-9,11,17,23H,2,10,12H2,1H3,(H,20,21)(H,22,24). The van der Waals surface area contributed by atoms with Gasteiger partial charge in [-0.1, -0.05) is 31.2 Å². The lowest BCUT2D eigenvalue weighted by molar-refractivity contribution is -0.121. The molecule has 2 heterocycles. The maximum absolute atomic E-state index is 12.4. The van der Waals surface area contributed by atoms with E-state index in [1.807, 2.05) is 36.4 Å². The number of hydrogen-bond donors (Lipinski definition) is 3. The highest BCUT2D eigenvalue weighted by Gasteiger charge is 2.15. The summed E-state index contributed by atoms with van der Waals surface area (Å²) < 4.78 is 0. The smallest absolute Gasteiger partial charge is 0.225 e. The molecule has 1 aromatic carbocycles. The molecule has 124 valence electrons. The largest absolute Gasteiger partial charge is 0.394 e. The van der Waals surface area contributed by atoms with E-state index in [4.69, 9.17) is 0 Å². The lowest BCUT2D eigenvalue weighted by Crippen LogP contribution is -2.31. The van der Waals surface area contributed by atoms with Gasteiger partial charge in [-0.3, -0.25) is 4.79 Å². The number of nitrogens with one attached hydrogen (secondary N) is 2. The normalized spacial score (nSPS) is 12.2. The SMILES string of the molecule is CCc1ccc(C(CO)NC(=O)Cc2c[nH]c3ncccc23)cc1. The zero-order chi connectivity index (χ0) is 16.9. The highest BCUT2D eigenvalue weighted by Crippen LogP contribution is 2.18. The van der Waals surface area contributed by atoms with Gasteiger partial charge in [0.25, 0.3) is 0 Å². The second kappa shape index (κ2) is 7.27. The van der Waals surface area contributed by atoms with Crippen LogP contribution in [0, 0.1) is 0 Å². The predicted octanol–water partition coefficient (Wildman–Crippen LogP) is 2.52. The Bertz CT molecular complexity index is 824. The van der Waals surface area contributed by atoms with Crippen LogP contribution in [0.15, 0.2) is 48.8 Å². The van der Waals surface area contributed by atoms with Crippen molar-refractivity contribution in [2.75, 3.05) is 6.61 Å². The fourth-order valence-corrected chi connectivity index (χ4v) is 2.80. The van der Waals surface area contributed by atoms with Gasteiger partial charge in [-0.2, -0.15) is 0 Å².